The zero-order chi connectivity index (χ0) is 18.6. The molecule has 25 heavy (non-hydrogen) atoms. The molecule has 0 bridgehead atoms. The van der Waals surface area contributed by atoms with Gasteiger partial charge in [0.1, 0.15) is 17.2 Å². The number of benzene rings is 2. The highest BCUT2D eigenvalue weighted by atomic mass is 16.5. The van der Waals surface area contributed by atoms with Crippen LogP contribution in [0.3, 0.4) is 0 Å². The molecule has 0 unspecified atom stereocenters. The van der Waals surface area contributed by atoms with Gasteiger partial charge in [0, 0.05) is 11.6 Å². The van der Waals surface area contributed by atoms with Crippen LogP contribution in [0, 0.1) is 0 Å². The van der Waals surface area contributed by atoms with Gasteiger partial charge in [-0.05, 0) is 37.1 Å². The minimum atomic E-state index is -0.584. The van der Waals surface area contributed by atoms with Gasteiger partial charge in [-0.2, -0.15) is 0 Å². The van der Waals surface area contributed by atoms with Crippen molar-refractivity contribution in [3.05, 3.63) is 41.5 Å². The van der Waals surface area contributed by atoms with Gasteiger partial charge in [-0.3, -0.25) is 9.59 Å². The summed E-state index contributed by atoms with van der Waals surface area (Å²) < 4.78 is 10.1. The topological polar surface area (TPSA) is 93.1 Å². The van der Waals surface area contributed by atoms with Gasteiger partial charge >= 0.3 is 5.97 Å². The Balaban J connectivity index is 2.68. The van der Waals surface area contributed by atoms with Crippen LogP contribution < -0.4 is 4.74 Å². The van der Waals surface area contributed by atoms with Gasteiger partial charge < -0.3 is 19.7 Å². The van der Waals surface area contributed by atoms with Gasteiger partial charge in [0.2, 0.25) is 0 Å². The van der Waals surface area contributed by atoms with Crippen LogP contribution in [-0.4, -0.2) is 35.7 Å². The number of aromatic hydroxyl groups is 2. The predicted molar refractivity (Wildman–Crippen MR) is 92.1 cm³/mol. The molecular weight excluding hydrogens is 324 g/mol. The number of Topliss-reactive ketones (excluding diaryl/α,β-unsaturated/α-hetero) is 1. The maximum absolute atomic E-state index is 12.0. The maximum Gasteiger partial charge on any atom is 0.310 e. The average molecular weight is 344 g/mol. The number of carbonyl (C=O) groups excluding carboxylic acids is 2. The van der Waals surface area contributed by atoms with Crippen molar-refractivity contribution >= 4 is 11.8 Å². The molecule has 6 nitrogen and oxygen atoms in total. The number of ketones is 1. The standard InChI is InChI=1S/C19H20O6/c1-4-25-13-7-5-12(6-8-13)19-14(9-17(23)24-3)18(11(2)20)15(21)10-16(19)22/h5-8,10,21-22H,4,9H2,1-3H3. The molecule has 0 aliphatic carbocycles. The van der Waals surface area contributed by atoms with E-state index in [1.54, 1.807) is 24.3 Å². The van der Waals surface area contributed by atoms with Gasteiger partial charge in [-0.15, -0.1) is 0 Å². The van der Waals surface area contributed by atoms with E-state index in [-0.39, 0.29) is 29.0 Å². The van der Waals surface area contributed by atoms with E-state index in [0.717, 1.165) is 6.07 Å². The summed E-state index contributed by atoms with van der Waals surface area (Å²) in [7, 11) is 1.23. The molecule has 0 saturated carbocycles. The Kier molecular flexibility index (Phi) is 5.64. The first kappa shape index (κ1) is 18.3. The van der Waals surface area contributed by atoms with Crippen molar-refractivity contribution in [1.82, 2.24) is 0 Å². The van der Waals surface area contributed by atoms with Crippen molar-refractivity contribution < 1.29 is 29.3 Å². The van der Waals surface area contributed by atoms with Crippen LogP contribution in [-0.2, 0) is 16.0 Å². The number of hydrogen-bond acceptors (Lipinski definition) is 6. The zero-order valence-electron chi connectivity index (χ0n) is 14.3. The maximum atomic E-state index is 12.0. The van der Waals surface area contributed by atoms with Gasteiger partial charge in [0.15, 0.2) is 5.78 Å². The lowest BCUT2D eigenvalue weighted by Crippen LogP contribution is -2.11. The highest BCUT2D eigenvalue weighted by molar-refractivity contribution is 6.02. The first-order valence-electron chi connectivity index (χ1n) is 7.77. The smallest absolute Gasteiger partial charge is 0.310 e. The molecule has 2 N–H and O–H groups in total. The molecule has 0 aliphatic rings. The highest BCUT2D eigenvalue weighted by Crippen LogP contribution is 2.40. The van der Waals surface area contributed by atoms with E-state index in [4.69, 9.17) is 4.74 Å². The molecule has 0 heterocycles. The lowest BCUT2D eigenvalue weighted by molar-refractivity contribution is -0.139. The van der Waals surface area contributed by atoms with Gasteiger partial charge in [-0.25, -0.2) is 0 Å². The Bertz CT molecular complexity index is 793. The third-order valence-corrected chi connectivity index (χ3v) is 3.74. The van der Waals surface area contributed by atoms with Crippen molar-refractivity contribution in [3.63, 3.8) is 0 Å². The molecule has 2 aromatic rings. The molecule has 0 spiro atoms. The summed E-state index contributed by atoms with van der Waals surface area (Å²) in [5, 5.41) is 20.4. The quantitative estimate of drug-likeness (QED) is 0.618. The number of phenolic OH excluding ortho intramolecular Hbond substituents is 2. The molecule has 132 valence electrons. The molecule has 0 fully saturated rings. The van der Waals surface area contributed by atoms with Gasteiger partial charge in [0.25, 0.3) is 0 Å². The van der Waals surface area contributed by atoms with E-state index in [1.165, 1.54) is 14.0 Å². The van der Waals surface area contributed by atoms with E-state index in [2.05, 4.69) is 4.74 Å². The fourth-order valence-corrected chi connectivity index (χ4v) is 2.70. The van der Waals surface area contributed by atoms with E-state index in [1.807, 2.05) is 6.92 Å². The molecule has 0 aliphatic heterocycles. The van der Waals surface area contributed by atoms with Crippen LogP contribution in [0.2, 0.25) is 0 Å². The zero-order valence-corrected chi connectivity index (χ0v) is 14.3. The minimum absolute atomic E-state index is 0.00733. The van der Waals surface area contributed by atoms with Crippen LogP contribution >= 0.6 is 0 Å². The number of phenols is 2. The fourth-order valence-electron chi connectivity index (χ4n) is 2.70. The second-order valence-corrected chi connectivity index (χ2v) is 5.41. The van der Waals surface area contributed by atoms with Crippen LogP contribution in [0.4, 0.5) is 0 Å². The fraction of sp³-hybridized carbons (Fsp3) is 0.263. The van der Waals surface area contributed by atoms with Crippen molar-refractivity contribution in [2.45, 2.75) is 20.3 Å². The lowest BCUT2D eigenvalue weighted by Gasteiger charge is -2.16. The third kappa shape index (κ3) is 3.91. The Labute approximate surface area is 145 Å². The van der Waals surface area contributed by atoms with Crippen molar-refractivity contribution in [3.8, 4) is 28.4 Å². The average Bonchev–Trinajstić information content (AvgIpc) is 2.55. The van der Waals surface area contributed by atoms with E-state index in [9.17, 15) is 19.8 Å². The number of methoxy groups -OCH3 is 1. The molecule has 2 aromatic carbocycles. The number of rotatable bonds is 6. The summed E-state index contributed by atoms with van der Waals surface area (Å²) in [4.78, 5) is 23.8. The van der Waals surface area contributed by atoms with Gasteiger partial charge in [-0.1, -0.05) is 12.1 Å². The third-order valence-electron chi connectivity index (χ3n) is 3.74. The Morgan fingerprint density at radius 3 is 2.24 bits per heavy atom. The summed E-state index contributed by atoms with van der Waals surface area (Å²) in [6, 6.07) is 7.97. The Morgan fingerprint density at radius 1 is 1.08 bits per heavy atom. The first-order chi connectivity index (χ1) is 11.9. The molecule has 0 saturated heterocycles. The summed E-state index contributed by atoms with van der Waals surface area (Å²) in [6.07, 6.45) is -0.254. The normalized spacial score (nSPS) is 10.4. The van der Waals surface area contributed by atoms with Crippen molar-refractivity contribution in [1.29, 1.82) is 0 Å². The largest absolute Gasteiger partial charge is 0.507 e. The summed E-state index contributed by atoms with van der Waals surface area (Å²) in [5.41, 5.74) is 1.10. The molecule has 0 amide bonds. The van der Waals surface area contributed by atoms with Crippen LogP contribution in [0.1, 0.15) is 29.8 Å². The summed E-state index contributed by atoms with van der Waals surface area (Å²) >= 11 is 0. The molecular formula is C19H20O6. The SMILES string of the molecule is CCOc1ccc(-c2c(O)cc(O)c(C(C)=O)c2CC(=O)OC)cc1. The molecule has 0 aromatic heterocycles. The predicted octanol–water partition coefficient (Wildman–Crippen LogP) is 3.08. The summed E-state index contributed by atoms with van der Waals surface area (Å²) in [6.45, 7) is 3.67. The number of carbonyl (C=O) groups is 2. The number of hydrogen-bond donors (Lipinski definition) is 2. The minimum Gasteiger partial charge on any atom is -0.507 e. The second kappa shape index (κ2) is 7.70. The first-order valence-corrected chi connectivity index (χ1v) is 7.77. The van der Waals surface area contributed by atoms with Crippen LogP contribution in [0.25, 0.3) is 11.1 Å². The van der Waals surface area contributed by atoms with Crippen molar-refractivity contribution in [2.24, 2.45) is 0 Å². The Morgan fingerprint density at radius 2 is 1.72 bits per heavy atom. The highest BCUT2D eigenvalue weighted by Gasteiger charge is 2.23. The van der Waals surface area contributed by atoms with Crippen LogP contribution in [0.15, 0.2) is 30.3 Å². The van der Waals surface area contributed by atoms with Crippen molar-refractivity contribution in [2.75, 3.05) is 13.7 Å². The van der Waals surface area contributed by atoms with E-state index < -0.39 is 11.8 Å². The summed E-state index contributed by atoms with van der Waals surface area (Å²) in [5.74, 6) is -0.946. The van der Waals surface area contributed by atoms with E-state index in [0.29, 0.717) is 23.5 Å². The molecule has 0 radical (unpaired) electrons. The molecule has 6 heteroatoms. The second-order valence-electron chi connectivity index (χ2n) is 5.41. The van der Waals surface area contributed by atoms with Gasteiger partial charge in [0.05, 0.1) is 25.7 Å². The lowest BCUT2D eigenvalue weighted by atomic mass is 9.90. The van der Waals surface area contributed by atoms with E-state index >= 15 is 0 Å². The number of ether oxygens (including phenoxy) is 2. The Hall–Kier alpha value is -3.02. The number of esters is 1. The molecule has 0 atom stereocenters. The molecule has 2 rings (SSSR count). The van der Waals surface area contributed by atoms with Crippen LogP contribution in [0.5, 0.6) is 17.2 Å². The monoisotopic (exact) mass is 344 g/mol.